The summed E-state index contributed by atoms with van der Waals surface area (Å²) in [5.74, 6) is -2.74. The number of aromatic amines is 1. The lowest BCUT2D eigenvalue weighted by molar-refractivity contribution is -0.116. The number of phenols is 1. The molecule has 0 atom stereocenters. The molecule has 0 aliphatic heterocycles. The zero-order chi connectivity index (χ0) is 21.6. The molecule has 0 radical (unpaired) electrons. The second-order valence-electron chi connectivity index (χ2n) is 6.81. The summed E-state index contributed by atoms with van der Waals surface area (Å²) in [7, 11) is 1.68. The number of carbonyl (C=O) groups excluding carboxylic acids is 1. The Morgan fingerprint density at radius 2 is 1.93 bits per heavy atom. The van der Waals surface area contributed by atoms with E-state index < -0.39 is 34.3 Å². The topological polar surface area (TPSA) is 109 Å². The summed E-state index contributed by atoms with van der Waals surface area (Å²) in [4.78, 5) is 37.2. The number of benzene rings is 2. The van der Waals surface area contributed by atoms with Gasteiger partial charge in [0.1, 0.15) is 11.6 Å². The molecule has 30 heavy (non-hydrogen) atoms. The number of aromatic hydroxyl groups is 1. The molecule has 4 aromatic rings. The molecule has 1 amide bonds. The summed E-state index contributed by atoms with van der Waals surface area (Å²) in [6.45, 7) is -0.0982. The average Bonchev–Trinajstić information content (AvgIpc) is 3.08. The van der Waals surface area contributed by atoms with Crippen molar-refractivity contribution in [3.05, 3.63) is 68.7 Å². The van der Waals surface area contributed by atoms with Crippen LogP contribution in [0.25, 0.3) is 21.8 Å². The first-order chi connectivity index (χ1) is 14.3. The largest absolute Gasteiger partial charge is 0.504 e. The normalized spacial score (nSPS) is 11.3. The fourth-order valence-electron chi connectivity index (χ4n) is 3.43. The number of fused-ring (bicyclic) bond motifs is 3. The maximum Gasteiger partial charge on any atom is 0.262 e. The third-order valence-corrected chi connectivity index (χ3v) is 4.86. The molecule has 0 saturated carbocycles. The van der Waals surface area contributed by atoms with E-state index in [1.165, 1.54) is 16.8 Å². The first-order valence-electron chi connectivity index (χ1n) is 8.95. The third kappa shape index (κ3) is 3.21. The Kier molecular flexibility index (Phi) is 4.61. The number of hydrogen-bond acceptors (Lipinski definition) is 4. The molecule has 0 fully saturated rings. The number of pyridine rings is 1. The Bertz CT molecular complexity index is 1440. The molecule has 0 aliphatic carbocycles. The summed E-state index contributed by atoms with van der Waals surface area (Å²) in [5.41, 5.74) is -0.518. The van der Waals surface area contributed by atoms with Gasteiger partial charge in [-0.15, -0.1) is 0 Å². The van der Waals surface area contributed by atoms with Crippen molar-refractivity contribution in [2.45, 2.75) is 13.0 Å². The Morgan fingerprint density at radius 1 is 1.17 bits per heavy atom. The van der Waals surface area contributed by atoms with Crippen molar-refractivity contribution in [1.82, 2.24) is 14.3 Å². The van der Waals surface area contributed by atoms with Crippen molar-refractivity contribution in [2.75, 3.05) is 5.32 Å². The van der Waals surface area contributed by atoms with Crippen molar-refractivity contribution < 1.29 is 18.7 Å². The molecule has 154 valence electrons. The third-order valence-electron chi connectivity index (χ3n) is 4.86. The summed E-state index contributed by atoms with van der Waals surface area (Å²) in [6.07, 6.45) is 1.28. The van der Waals surface area contributed by atoms with Gasteiger partial charge in [0, 0.05) is 43.7 Å². The molecule has 10 heteroatoms. The molecule has 0 unspecified atom stereocenters. The van der Waals surface area contributed by atoms with E-state index in [0.717, 1.165) is 18.2 Å². The standard InChI is InChI=1S/C20H16F2N4O4/c1-25-19-11-7-16(27)17(28)8-15(11)26(20(30)12(19)9-23-25)5-4-18(29)24-14-3-2-10(21)6-13(14)22/h2-3,6-9,23,27H,4-5H2,1H3,(H,24,29). The Morgan fingerprint density at radius 3 is 2.67 bits per heavy atom. The predicted molar refractivity (Wildman–Crippen MR) is 107 cm³/mol. The van der Waals surface area contributed by atoms with Crippen LogP contribution in [0, 0.1) is 11.6 Å². The van der Waals surface area contributed by atoms with Gasteiger partial charge >= 0.3 is 0 Å². The van der Waals surface area contributed by atoms with Crippen LogP contribution in [0.1, 0.15) is 6.42 Å². The number of amides is 1. The molecule has 0 bridgehead atoms. The number of aromatic nitrogens is 3. The zero-order valence-electron chi connectivity index (χ0n) is 15.7. The summed E-state index contributed by atoms with van der Waals surface area (Å²) in [6, 6.07) is 5.17. The van der Waals surface area contributed by atoms with Crippen molar-refractivity contribution in [3.63, 3.8) is 0 Å². The summed E-state index contributed by atoms with van der Waals surface area (Å²) in [5, 5.41) is 15.8. The van der Waals surface area contributed by atoms with Gasteiger partial charge in [-0.1, -0.05) is 0 Å². The van der Waals surface area contributed by atoms with Crippen LogP contribution in [0.2, 0.25) is 0 Å². The lowest BCUT2D eigenvalue weighted by Crippen LogP contribution is -2.24. The molecule has 0 aliphatic rings. The molecular formula is C20H16F2N4O4. The number of nitrogens with one attached hydrogen (secondary N) is 2. The fraction of sp³-hybridized carbons (Fsp3) is 0.150. The minimum absolute atomic E-state index is 0.0982. The Labute approximate surface area is 167 Å². The first-order valence-corrected chi connectivity index (χ1v) is 8.95. The van der Waals surface area contributed by atoms with E-state index in [4.69, 9.17) is 0 Å². The summed E-state index contributed by atoms with van der Waals surface area (Å²) >= 11 is 0. The van der Waals surface area contributed by atoms with Crippen molar-refractivity contribution in [2.24, 2.45) is 7.05 Å². The van der Waals surface area contributed by atoms with Crippen LogP contribution in [0.5, 0.6) is 5.75 Å². The molecular weight excluding hydrogens is 398 g/mol. The van der Waals surface area contributed by atoms with Crippen molar-refractivity contribution in [3.8, 4) is 5.75 Å². The van der Waals surface area contributed by atoms with Crippen molar-refractivity contribution >= 4 is 33.4 Å². The predicted octanol–water partition coefficient (Wildman–Crippen LogP) is 2.19. The van der Waals surface area contributed by atoms with Gasteiger partial charge in [-0.05, 0) is 18.2 Å². The highest BCUT2D eigenvalue weighted by Gasteiger charge is 2.17. The SMILES string of the molecule is Cn1[nH]cc2c(=O)n(CCC(=O)Nc3ccc(F)cc3F)c3cc(=O)c(O)cc3c21. The van der Waals surface area contributed by atoms with E-state index in [1.54, 1.807) is 11.7 Å². The highest BCUT2D eigenvalue weighted by molar-refractivity contribution is 6.04. The van der Waals surface area contributed by atoms with Gasteiger partial charge in [0.25, 0.3) is 5.56 Å². The van der Waals surface area contributed by atoms with E-state index in [-0.39, 0.29) is 24.2 Å². The van der Waals surface area contributed by atoms with Crippen LogP contribution in [0.3, 0.4) is 0 Å². The van der Waals surface area contributed by atoms with E-state index in [9.17, 15) is 28.3 Å². The number of carbonyl (C=O) groups is 1. The maximum atomic E-state index is 13.7. The van der Waals surface area contributed by atoms with Crippen LogP contribution in [-0.4, -0.2) is 25.4 Å². The molecule has 8 nitrogen and oxygen atoms in total. The monoisotopic (exact) mass is 414 g/mol. The van der Waals surface area contributed by atoms with Crippen LogP contribution < -0.4 is 16.3 Å². The highest BCUT2D eigenvalue weighted by Crippen LogP contribution is 2.24. The van der Waals surface area contributed by atoms with Crippen LogP contribution in [0.15, 0.2) is 46.1 Å². The smallest absolute Gasteiger partial charge is 0.262 e. The first kappa shape index (κ1) is 19.4. The Hall–Kier alpha value is -3.95. The van der Waals surface area contributed by atoms with Gasteiger partial charge in [-0.25, -0.2) is 8.78 Å². The number of aryl methyl sites for hydroxylation is 2. The lowest BCUT2D eigenvalue weighted by atomic mass is 10.1. The number of rotatable bonds is 4. The second-order valence-corrected chi connectivity index (χ2v) is 6.81. The van der Waals surface area contributed by atoms with Gasteiger partial charge in [0.2, 0.25) is 11.3 Å². The second kappa shape index (κ2) is 7.14. The zero-order valence-corrected chi connectivity index (χ0v) is 15.7. The molecule has 2 aromatic carbocycles. The van der Waals surface area contributed by atoms with Gasteiger partial charge < -0.3 is 20.1 Å². The van der Waals surface area contributed by atoms with Crippen LogP contribution >= 0.6 is 0 Å². The van der Waals surface area contributed by atoms with E-state index in [2.05, 4.69) is 10.4 Å². The van der Waals surface area contributed by atoms with E-state index in [1.807, 2.05) is 0 Å². The molecule has 4 rings (SSSR count). The number of anilines is 1. The molecule has 2 heterocycles. The van der Waals surface area contributed by atoms with E-state index in [0.29, 0.717) is 22.4 Å². The van der Waals surface area contributed by atoms with Crippen molar-refractivity contribution in [1.29, 1.82) is 0 Å². The molecule has 0 saturated heterocycles. The number of H-pyrrole nitrogens is 1. The molecule has 0 spiro atoms. The minimum atomic E-state index is -0.918. The van der Waals surface area contributed by atoms with Gasteiger partial charge in [0.05, 0.1) is 22.1 Å². The summed E-state index contributed by atoms with van der Waals surface area (Å²) < 4.78 is 29.6. The molecule has 3 N–H and O–H groups in total. The van der Waals surface area contributed by atoms with Gasteiger partial charge in [0.15, 0.2) is 5.75 Å². The maximum absolute atomic E-state index is 13.7. The minimum Gasteiger partial charge on any atom is -0.504 e. The van der Waals surface area contributed by atoms with Crippen LogP contribution in [0.4, 0.5) is 14.5 Å². The van der Waals surface area contributed by atoms with Crippen LogP contribution in [-0.2, 0) is 18.4 Å². The lowest BCUT2D eigenvalue weighted by Gasteiger charge is -2.12. The fourth-order valence-corrected chi connectivity index (χ4v) is 3.43. The van der Waals surface area contributed by atoms with E-state index >= 15 is 0 Å². The highest BCUT2D eigenvalue weighted by atomic mass is 19.1. The average molecular weight is 414 g/mol. The van der Waals surface area contributed by atoms with Gasteiger partial charge in [-0.3, -0.25) is 19.1 Å². The number of hydrogen-bond donors (Lipinski definition) is 3. The van der Waals surface area contributed by atoms with Gasteiger partial charge in [-0.2, -0.15) is 0 Å². The Balaban J connectivity index is 1.72. The number of phenolic OH excluding ortho intramolecular Hbond substituents is 1. The number of halogens is 2. The molecule has 2 aromatic heterocycles. The quantitative estimate of drug-likeness (QED) is 0.476. The number of nitrogens with zero attached hydrogens (tertiary/aromatic N) is 2.